The fraction of sp³-hybridized carbons (Fsp3) is 0.222. The zero-order chi connectivity index (χ0) is 16.8. The molecule has 0 unspecified atom stereocenters. The Morgan fingerprint density at radius 1 is 0.826 bits per heavy atom. The number of hydrogen-bond donors (Lipinski definition) is 0. The van der Waals surface area contributed by atoms with Gasteiger partial charge in [-0.2, -0.15) is 0 Å². The van der Waals surface area contributed by atoms with E-state index in [0.29, 0.717) is 28.4 Å². The number of methoxy groups -OCH3 is 3. The van der Waals surface area contributed by atoms with Crippen LogP contribution in [0.4, 0.5) is 0 Å². The van der Waals surface area contributed by atoms with Gasteiger partial charge in [-0.05, 0) is 36.4 Å². The lowest BCUT2D eigenvalue weighted by Gasteiger charge is -2.11. The summed E-state index contributed by atoms with van der Waals surface area (Å²) in [6, 6.07) is 11.6. The summed E-state index contributed by atoms with van der Waals surface area (Å²) < 4.78 is 15.4. The van der Waals surface area contributed by atoms with Crippen molar-refractivity contribution in [2.45, 2.75) is 6.42 Å². The van der Waals surface area contributed by atoms with Crippen molar-refractivity contribution in [3.63, 3.8) is 0 Å². The van der Waals surface area contributed by atoms with Crippen LogP contribution >= 0.6 is 0 Å². The molecule has 2 aromatic carbocycles. The maximum Gasteiger partial charge on any atom is 0.174 e. The molecule has 5 heteroatoms. The van der Waals surface area contributed by atoms with Crippen LogP contribution in [-0.2, 0) is 0 Å². The van der Waals surface area contributed by atoms with Crippen molar-refractivity contribution < 1.29 is 23.8 Å². The number of para-hydroxylation sites is 1. The molecule has 0 aliphatic carbocycles. The number of hydrogen-bond acceptors (Lipinski definition) is 5. The Kier molecular flexibility index (Phi) is 5.36. The minimum atomic E-state index is -0.318. The Morgan fingerprint density at radius 3 is 2.09 bits per heavy atom. The summed E-state index contributed by atoms with van der Waals surface area (Å²) in [5, 5.41) is 0. The zero-order valence-corrected chi connectivity index (χ0v) is 13.3. The quantitative estimate of drug-likeness (QED) is 0.580. The molecule has 0 bridgehead atoms. The van der Waals surface area contributed by atoms with Gasteiger partial charge in [-0.25, -0.2) is 0 Å². The second-order valence-electron chi connectivity index (χ2n) is 4.79. The average Bonchev–Trinajstić information content (AvgIpc) is 2.60. The van der Waals surface area contributed by atoms with Crippen LogP contribution in [0.1, 0.15) is 27.1 Å². The maximum absolute atomic E-state index is 12.4. The molecule has 2 aromatic rings. The summed E-state index contributed by atoms with van der Waals surface area (Å²) in [6.07, 6.45) is -0.240. The van der Waals surface area contributed by atoms with Crippen molar-refractivity contribution >= 4 is 11.6 Å². The molecule has 0 spiro atoms. The Hall–Kier alpha value is -2.82. The van der Waals surface area contributed by atoms with Crippen LogP contribution in [-0.4, -0.2) is 32.9 Å². The lowest BCUT2D eigenvalue weighted by Crippen LogP contribution is -2.10. The van der Waals surface area contributed by atoms with Gasteiger partial charge in [0, 0.05) is 5.56 Å². The summed E-state index contributed by atoms with van der Waals surface area (Å²) >= 11 is 0. The Labute approximate surface area is 134 Å². The normalized spacial score (nSPS) is 10.0. The van der Waals surface area contributed by atoms with Gasteiger partial charge in [0.2, 0.25) is 0 Å². The molecule has 0 atom stereocenters. The van der Waals surface area contributed by atoms with Crippen LogP contribution in [0.25, 0.3) is 0 Å². The smallest absolute Gasteiger partial charge is 0.174 e. The third kappa shape index (κ3) is 3.69. The minimum absolute atomic E-state index is 0.240. The van der Waals surface area contributed by atoms with Crippen LogP contribution in [0.3, 0.4) is 0 Å². The van der Waals surface area contributed by atoms with Gasteiger partial charge in [0.05, 0.1) is 33.3 Å². The Balaban J connectivity index is 2.19. The largest absolute Gasteiger partial charge is 0.497 e. The standard InChI is InChI=1S/C18H18O5/c1-21-13-9-7-12(8-10-13)15(19)11-16(20)14-5-4-6-17(22-2)18(14)23-3/h4-10H,11H2,1-3H3. The van der Waals surface area contributed by atoms with E-state index in [1.165, 1.54) is 14.2 Å². The molecular formula is C18H18O5. The molecule has 0 saturated heterocycles. The van der Waals surface area contributed by atoms with Crippen molar-refractivity contribution in [2.75, 3.05) is 21.3 Å². The van der Waals surface area contributed by atoms with Gasteiger partial charge in [-0.3, -0.25) is 9.59 Å². The number of carbonyl (C=O) groups is 2. The summed E-state index contributed by atoms with van der Waals surface area (Å²) in [5.41, 5.74) is 0.787. The van der Waals surface area contributed by atoms with Crippen LogP contribution in [0.5, 0.6) is 17.2 Å². The molecule has 0 fully saturated rings. The van der Waals surface area contributed by atoms with Crippen LogP contribution in [0.15, 0.2) is 42.5 Å². The molecule has 0 aliphatic rings. The highest BCUT2D eigenvalue weighted by Gasteiger charge is 2.19. The molecule has 120 valence electrons. The molecular weight excluding hydrogens is 296 g/mol. The molecule has 0 aliphatic heterocycles. The van der Waals surface area contributed by atoms with E-state index in [1.807, 2.05) is 0 Å². The first-order chi connectivity index (χ1) is 11.1. The number of benzene rings is 2. The van der Waals surface area contributed by atoms with Gasteiger partial charge < -0.3 is 14.2 Å². The van der Waals surface area contributed by atoms with Crippen molar-refractivity contribution in [1.82, 2.24) is 0 Å². The van der Waals surface area contributed by atoms with E-state index in [4.69, 9.17) is 14.2 Å². The summed E-state index contributed by atoms with van der Waals surface area (Å²) in [6.45, 7) is 0. The topological polar surface area (TPSA) is 61.8 Å². The van der Waals surface area contributed by atoms with Gasteiger partial charge in [0.1, 0.15) is 5.75 Å². The average molecular weight is 314 g/mol. The lowest BCUT2D eigenvalue weighted by molar-refractivity contribution is 0.0892. The van der Waals surface area contributed by atoms with Gasteiger partial charge in [0.15, 0.2) is 23.1 Å². The fourth-order valence-corrected chi connectivity index (χ4v) is 2.23. The number of ether oxygens (including phenoxy) is 3. The van der Waals surface area contributed by atoms with Crippen molar-refractivity contribution in [2.24, 2.45) is 0 Å². The van der Waals surface area contributed by atoms with Crippen molar-refractivity contribution in [3.05, 3.63) is 53.6 Å². The highest BCUT2D eigenvalue weighted by Crippen LogP contribution is 2.31. The van der Waals surface area contributed by atoms with E-state index >= 15 is 0 Å². The van der Waals surface area contributed by atoms with E-state index in [1.54, 1.807) is 49.6 Å². The molecule has 0 saturated carbocycles. The predicted octanol–water partition coefficient (Wildman–Crippen LogP) is 3.17. The molecule has 0 N–H and O–H groups in total. The van der Waals surface area contributed by atoms with E-state index in [2.05, 4.69) is 0 Å². The molecule has 5 nitrogen and oxygen atoms in total. The summed E-state index contributed by atoms with van der Waals surface area (Å²) in [4.78, 5) is 24.7. The SMILES string of the molecule is COc1ccc(C(=O)CC(=O)c2cccc(OC)c2OC)cc1. The van der Waals surface area contributed by atoms with Crippen LogP contribution < -0.4 is 14.2 Å². The van der Waals surface area contributed by atoms with E-state index in [0.717, 1.165) is 0 Å². The van der Waals surface area contributed by atoms with E-state index in [9.17, 15) is 9.59 Å². The molecule has 0 aromatic heterocycles. The molecule has 2 rings (SSSR count). The number of Topliss-reactive ketones (excluding diaryl/α,β-unsaturated/α-hetero) is 2. The second-order valence-corrected chi connectivity index (χ2v) is 4.79. The first-order valence-electron chi connectivity index (χ1n) is 7.02. The van der Waals surface area contributed by atoms with Crippen molar-refractivity contribution in [3.8, 4) is 17.2 Å². The fourth-order valence-electron chi connectivity index (χ4n) is 2.23. The maximum atomic E-state index is 12.4. The number of rotatable bonds is 7. The lowest BCUT2D eigenvalue weighted by atomic mass is 10.0. The van der Waals surface area contributed by atoms with Gasteiger partial charge in [0.25, 0.3) is 0 Å². The first kappa shape index (κ1) is 16.5. The summed E-state index contributed by atoms with van der Waals surface area (Å²) in [7, 11) is 4.50. The zero-order valence-electron chi connectivity index (χ0n) is 13.3. The van der Waals surface area contributed by atoms with Crippen LogP contribution in [0, 0.1) is 0 Å². The predicted molar refractivity (Wildman–Crippen MR) is 85.8 cm³/mol. The number of carbonyl (C=O) groups excluding carboxylic acids is 2. The molecule has 0 amide bonds. The van der Waals surface area contributed by atoms with Crippen molar-refractivity contribution in [1.29, 1.82) is 0 Å². The Morgan fingerprint density at radius 2 is 1.52 bits per heavy atom. The highest BCUT2D eigenvalue weighted by atomic mass is 16.5. The second kappa shape index (κ2) is 7.45. The van der Waals surface area contributed by atoms with Crippen LogP contribution in [0.2, 0.25) is 0 Å². The minimum Gasteiger partial charge on any atom is -0.497 e. The monoisotopic (exact) mass is 314 g/mol. The third-order valence-corrected chi connectivity index (χ3v) is 3.44. The van der Waals surface area contributed by atoms with E-state index in [-0.39, 0.29) is 18.0 Å². The van der Waals surface area contributed by atoms with Gasteiger partial charge in [-0.15, -0.1) is 0 Å². The van der Waals surface area contributed by atoms with Gasteiger partial charge >= 0.3 is 0 Å². The molecule has 0 heterocycles. The molecule has 23 heavy (non-hydrogen) atoms. The summed E-state index contributed by atoms with van der Waals surface area (Å²) in [5.74, 6) is 0.865. The van der Waals surface area contributed by atoms with E-state index < -0.39 is 0 Å². The highest BCUT2D eigenvalue weighted by molar-refractivity contribution is 6.14. The first-order valence-corrected chi connectivity index (χ1v) is 7.02. The van der Waals surface area contributed by atoms with Gasteiger partial charge in [-0.1, -0.05) is 6.07 Å². The number of ketones is 2. The third-order valence-electron chi connectivity index (χ3n) is 3.44. The molecule has 0 radical (unpaired) electrons. The Bertz CT molecular complexity index is 704.